The van der Waals surface area contributed by atoms with Gasteiger partial charge in [0.1, 0.15) is 11.6 Å². The lowest BCUT2D eigenvalue weighted by Crippen LogP contribution is -2.16. The smallest absolute Gasteiger partial charge is 0.306 e. The Balaban J connectivity index is 1.30. The monoisotopic (exact) mass is 414 g/mol. The molecule has 1 aromatic carbocycles. The molecule has 7 nitrogen and oxygen atoms in total. The van der Waals surface area contributed by atoms with E-state index < -0.39 is 0 Å². The molecule has 0 atom stereocenters. The van der Waals surface area contributed by atoms with Crippen LogP contribution in [0.5, 0.6) is 0 Å². The first-order valence-electron chi connectivity index (χ1n) is 9.01. The van der Waals surface area contributed by atoms with Crippen molar-refractivity contribution in [2.45, 2.75) is 39.2 Å². The Hall–Kier alpha value is -2.65. The molecular weight excluding hydrogens is 396 g/mol. The number of aryl methyl sites for hydroxylation is 2. The molecule has 0 saturated heterocycles. The van der Waals surface area contributed by atoms with Crippen molar-refractivity contribution in [3.05, 3.63) is 56.4 Å². The average Bonchev–Trinajstić information content (AvgIpc) is 3.30. The van der Waals surface area contributed by atoms with E-state index in [9.17, 15) is 9.59 Å². The van der Waals surface area contributed by atoms with E-state index in [2.05, 4.69) is 15.1 Å². The fraction of sp³-hybridized carbons (Fsp3) is 0.316. The van der Waals surface area contributed by atoms with E-state index in [1.807, 2.05) is 31.2 Å². The van der Waals surface area contributed by atoms with E-state index in [4.69, 9.17) is 4.74 Å². The normalized spacial score (nSPS) is 11.3. The molecular formula is C19H18N4O3S2. The van der Waals surface area contributed by atoms with Gasteiger partial charge in [0.15, 0.2) is 0 Å². The minimum atomic E-state index is -0.304. The number of carbonyl (C=O) groups excluding carboxylic acids is 1. The minimum absolute atomic E-state index is 0.00886. The number of hydrogen-bond acceptors (Lipinski definition) is 8. The van der Waals surface area contributed by atoms with Gasteiger partial charge in [-0.3, -0.25) is 9.59 Å². The number of para-hydroxylation sites is 1. The van der Waals surface area contributed by atoms with Crippen LogP contribution in [0.25, 0.3) is 15.2 Å². The van der Waals surface area contributed by atoms with E-state index in [0.717, 1.165) is 33.1 Å². The van der Waals surface area contributed by atoms with Gasteiger partial charge in [-0.05, 0) is 31.4 Å². The molecule has 0 saturated carbocycles. The zero-order valence-electron chi connectivity index (χ0n) is 15.3. The summed E-state index contributed by atoms with van der Waals surface area (Å²) in [6.45, 7) is 1.96. The second kappa shape index (κ2) is 8.15. The molecule has 0 bridgehead atoms. The Morgan fingerprint density at radius 1 is 1.18 bits per heavy atom. The molecule has 0 fully saturated rings. The first-order chi connectivity index (χ1) is 13.6. The maximum atomic E-state index is 12.1. The highest BCUT2D eigenvalue weighted by Gasteiger charge is 2.11. The number of esters is 1. The van der Waals surface area contributed by atoms with Gasteiger partial charge in [-0.2, -0.15) is 9.61 Å². The number of rotatable bonds is 7. The minimum Gasteiger partial charge on any atom is -0.459 e. The first kappa shape index (κ1) is 18.7. The Kier molecular flexibility index (Phi) is 5.45. The zero-order chi connectivity index (χ0) is 19.5. The molecule has 3 heterocycles. The highest BCUT2D eigenvalue weighted by molar-refractivity contribution is 7.18. The maximum absolute atomic E-state index is 12.1. The molecule has 3 aromatic heterocycles. The average molecular weight is 415 g/mol. The van der Waals surface area contributed by atoms with Crippen LogP contribution in [0.3, 0.4) is 0 Å². The van der Waals surface area contributed by atoms with Crippen molar-refractivity contribution in [2.24, 2.45) is 0 Å². The summed E-state index contributed by atoms with van der Waals surface area (Å²) in [5.41, 5.74) is 1.17. The van der Waals surface area contributed by atoms with E-state index in [1.54, 1.807) is 11.3 Å². The summed E-state index contributed by atoms with van der Waals surface area (Å²) in [5, 5.41) is 6.06. The van der Waals surface area contributed by atoms with Gasteiger partial charge in [-0.1, -0.05) is 30.4 Å². The lowest BCUT2D eigenvalue weighted by atomic mass is 10.2. The summed E-state index contributed by atoms with van der Waals surface area (Å²) in [6, 6.07) is 9.36. The third-order valence-electron chi connectivity index (χ3n) is 4.13. The Morgan fingerprint density at radius 2 is 2.04 bits per heavy atom. The summed E-state index contributed by atoms with van der Waals surface area (Å²) < 4.78 is 7.72. The van der Waals surface area contributed by atoms with Gasteiger partial charge in [0.2, 0.25) is 4.96 Å². The lowest BCUT2D eigenvalue weighted by Gasteiger charge is -2.04. The summed E-state index contributed by atoms with van der Waals surface area (Å²) >= 11 is 3.02. The summed E-state index contributed by atoms with van der Waals surface area (Å²) in [4.78, 5) is 33.6. The second-order valence-corrected chi connectivity index (χ2v) is 8.37. The van der Waals surface area contributed by atoms with E-state index in [1.165, 1.54) is 21.9 Å². The van der Waals surface area contributed by atoms with Crippen LogP contribution >= 0.6 is 22.7 Å². The summed E-state index contributed by atoms with van der Waals surface area (Å²) in [7, 11) is 0. The molecule has 0 unspecified atom stereocenters. The molecule has 0 aliphatic heterocycles. The van der Waals surface area contributed by atoms with Crippen LogP contribution in [0.2, 0.25) is 0 Å². The predicted molar refractivity (Wildman–Crippen MR) is 109 cm³/mol. The lowest BCUT2D eigenvalue weighted by molar-refractivity contribution is -0.145. The predicted octanol–water partition coefficient (Wildman–Crippen LogP) is 3.39. The van der Waals surface area contributed by atoms with Crippen molar-refractivity contribution in [3.8, 4) is 0 Å². The molecule has 144 valence electrons. The number of thiazole rings is 1. The van der Waals surface area contributed by atoms with Gasteiger partial charge in [-0.25, -0.2) is 9.97 Å². The molecule has 0 aliphatic rings. The highest BCUT2D eigenvalue weighted by atomic mass is 32.1. The SMILES string of the molecule is CCc1nn2c(=O)cc(COC(=O)CCCc3nc4ccccc4s3)nc2s1. The zero-order valence-corrected chi connectivity index (χ0v) is 16.9. The molecule has 0 radical (unpaired) electrons. The topological polar surface area (TPSA) is 86.5 Å². The fourth-order valence-electron chi connectivity index (χ4n) is 2.75. The molecule has 4 rings (SSSR count). The number of aromatic nitrogens is 4. The third-order valence-corrected chi connectivity index (χ3v) is 6.28. The molecule has 9 heteroatoms. The Bertz CT molecular complexity index is 1160. The van der Waals surface area contributed by atoms with Crippen molar-refractivity contribution in [1.82, 2.24) is 19.6 Å². The van der Waals surface area contributed by atoms with Gasteiger partial charge in [0.25, 0.3) is 5.56 Å². The third kappa shape index (κ3) is 4.10. The van der Waals surface area contributed by atoms with Crippen LogP contribution in [0.1, 0.15) is 35.5 Å². The van der Waals surface area contributed by atoms with Gasteiger partial charge in [-0.15, -0.1) is 11.3 Å². The number of fused-ring (bicyclic) bond motifs is 2. The Morgan fingerprint density at radius 3 is 2.86 bits per heavy atom. The van der Waals surface area contributed by atoms with Crippen molar-refractivity contribution in [2.75, 3.05) is 0 Å². The van der Waals surface area contributed by atoms with Gasteiger partial charge >= 0.3 is 5.97 Å². The molecule has 0 spiro atoms. The number of nitrogens with zero attached hydrogens (tertiary/aromatic N) is 4. The van der Waals surface area contributed by atoms with E-state index in [-0.39, 0.29) is 18.1 Å². The van der Waals surface area contributed by atoms with Crippen molar-refractivity contribution < 1.29 is 9.53 Å². The van der Waals surface area contributed by atoms with Crippen LogP contribution in [0.15, 0.2) is 35.1 Å². The van der Waals surface area contributed by atoms with Gasteiger partial charge < -0.3 is 4.74 Å². The van der Waals surface area contributed by atoms with Gasteiger partial charge in [0.05, 0.1) is 20.9 Å². The molecule has 0 aliphatic carbocycles. The first-order valence-corrected chi connectivity index (χ1v) is 10.6. The van der Waals surface area contributed by atoms with Crippen molar-refractivity contribution in [1.29, 1.82) is 0 Å². The van der Waals surface area contributed by atoms with E-state index in [0.29, 0.717) is 23.5 Å². The standard InChI is InChI=1S/C19H18N4O3S2/c1-2-15-22-23-17(24)10-12(20-19(23)28-15)11-26-18(25)9-5-8-16-21-13-6-3-4-7-14(13)27-16/h3-4,6-7,10H,2,5,8-9,11H2,1H3. The van der Waals surface area contributed by atoms with Crippen LogP contribution in [0, 0.1) is 0 Å². The van der Waals surface area contributed by atoms with E-state index >= 15 is 0 Å². The molecule has 4 aromatic rings. The fourth-order valence-corrected chi connectivity index (χ4v) is 4.62. The quantitative estimate of drug-likeness (QED) is 0.431. The number of benzene rings is 1. The molecule has 28 heavy (non-hydrogen) atoms. The highest BCUT2D eigenvalue weighted by Crippen LogP contribution is 2.22. The maximum Gasteiger partial charge on any atom is 0.306 e. The summed E-state index contributed by atoms with van der Waals surface area (Å²) in [6.07, 6.45) is 2.45. The number of hydrogen-bond donors (Lipinski definition) is 0. The van der Waals surface area contributed by atoms with Gasteiger partial charge in [0, 0.05) is 12.5 Å². The molecule has 0 amide bonds. The Labute approximate surface area is 168 Å². The van der Waals surface area contributed by atoms with Crippen LogP contribution < -0.4 is 5.56 Å². The van der Waals surface area contributed by atoms with Crippen molar-refractivity contribution >= 4 is 43.8 Å². The number of ether oxygens (including phenoxy) is 1. The second-order valence-electron chi connectivity index (χ2n) is 6.22. The van der Waals surface area contributed by atoms with Crippen LogP contribution in [-0.2, 0) is 29.0 Å². The van der Waals surface area contributed by atoms with Crippen molar-refractivity contribution in [3.63, 3.8) is 0 Å². The molecule has 0 N–H and O–H groups in total. The van der Waals surface area contributed by atoms with Crippen LogP contribution in [-0.4, -0.2) is 25.6 Å². The largest absolute Gasteiger partial charge is 0.459 e. The number of carbonyl (C=O) groups is 1. The van der Waals surface area contributed by atoms with Crippen LogP contribution in [0.4, 0.5) is 0 Å². The summed E-state index contributed by atoms with van der Waals surface area (Å²) in [5.74, 6) is -0.304.